The maximum Gasteiger partial charge on any atom is 0.323 e. The van der Waals surface area contributed by atoms with Gasteiger partial charge in [0.25, 0.3) is 0 Å². The number of likely N-dealkylation sites (tertiary alicyclic amines) is 1. The summed E-state index contributed by atoms with van der Waals surface area (Å²) in [6.45, 7) is 3.80. The summed E-state index contributed by atoms with van der Waals surface area (Å²) in [6.07, 6.45) is 5.71. The molecule has 2 atom stereocenters. The van der Waals surface area contributed by atoms with Crippen LogP contribution in [0.4, 0.5) is 5.82 Å². The molecular weight excluding hydrogens is 368 g/mol. The van der Waals surface area contributed by atoms with Gasteiger partial charge >= 0.3 is 5.97 Å². The molecule has 2 aromatic heterocycles. The van der Waals surface area contributed by atoms with Crippen LogP contribution < -0.4 is 5.73 Å². The van der Waals surface area contributed by atoms with Gasteiger partial charge in [-0.2, -0.15) is 0 Å². The summed E-state index contributed by atoms with van der Waals surface area (Å²) in [7, 11) is 0. The summed E-state index contributed by atoms with van der Waals surface area (Å²) >= 11 is 0. The summed E-state index contributed by atoms with van der Waals surface area (Å²) < 4.78 is 7.43. The number of nitrogens with two attached hydrogens (primary N) is 1. The second-order valence-corrected chi connectivity index (χ2v) is 7.31. The third kappa shape index (κ3) is 4.07. The predicted octanol–water partition coefficient (Wildman–Crippen LogP) is 2.22. The van der Waals surface area contributed by atoms with E-state index in [0.717, 1.165) is 38.0 Å². The number of aryl methyl sites for hydroxylation is 1. The minimum Gasteiger partial charge on any atom is -0.465 e. The normalized spacial score (nSPS) is 18.2. The van der Waals surface area contributed by atoms with Gasteiger partial charge in [-0.1, -0.05) is 30.3 Å². The monoisotopic (exact) mass is 394 g/mol. The van der Waals surface area contributed by atoms with Gasteiger partial charge in [-0.3, -0.25) is 9.69 Å². The van der Waals surface area contributed by atoms with E-state index in [-0.39, 0.29) is 18.1 Å². The van der Waals surface area contributed by atoms with Crippen LogP contribution in [0.2, 0.25) is 0 Å². The lowest BCUT2D eigenvalue weighted by Gasteiger charge is -2.26. The van der Waals surface area contributed by atoms with Gasteiger partial charge in [0.1, 0.15) is 17.9 Å². The maximum atomic E-state index is 12.7. The van der Waals surface area contributed by atoms with Crippen molar-refractivity contribution in [2.24, 2.45) is 0 Å². The fourth-order valence-corrected chi connectivity index (χ4v) is 4.05. The van der Waals surface area contributed by atoms with Crippen LogP contribution in [-0.4, -0.2) is 56.1 Å². The van der Waals surface area contributed by atoms with Crippen LogP contribution in [0.3, 0.4) is 0 Å². The summed E-state index contributed by atoms with van der Waals surface area (Å²) in [4.78, 5) is 27.6. The molecule has 2 N–H and O–H groups in total. The number of esters is 1. The lowest BCUT2D eigenvalue weighted by molar-refractivity contribution is -0.149. The van der Waals surface area contributed by atoms with Crippen LogP contribution in [0.1, 0.15) is 31.4 Å². The first-order valence-corrected chi connectivity index (χ1v) is 10.0. The molecule has 1 saturated heterocycles. The molecule has 0 spiro atoms. The smallest absolute Gasteiger partial charge is 0.323 e. The van der Waals surface area contributed by atoms with Crippen LogP contribution in [-0.2, 0) is 16.0 Å². The topological polar surface area (TPSA) is 99.2 Å². The molecule has 152 valence electrons. The number of nitrogen functional groups attached to an aromatic ring is 1. The van der Waals surface area contributed by atoms with E-state index in [4.69, 9.17) is 10.5 Å². The number of aromatic nitrogens is 4. The van der Waals surface area contributed by atoms with E-state index in [1.807, 2.05) is 29.7 Å². The molecule has 1 aromatic carbocycles. The summed E-state index contributed by atoms with van der Waals surface area (Å²) in [5, 5.41) is 0. The number of rotatable bonds is 7. The van der Waals surface area contributed by atoms with E-state index in [1.54, 1.807) is 6.33 Å². The van der Waals surface area contributed by atoms with Gasteiger partial charge in [0.05, 0.1) is 19.0 Å². The van der Waals surface area contributed by atoms with Crippen LogP contribution in [0.25, 0.3) is 11.2 Å². The average molecular weight is 394 g/mol. The van der Waals surface area contributed by atoms with Crippen LogP contribution in [0.5, 0.6) is 0 Å². The van der Waals surface area contributed by atoms with Crippen molar-refractivity contribution in [3.05, 3.63) is 48.5 Å². The Morgan fingerprint density at radius 2 is 2.10 bits per heavy atom. The number of fused-ring (bicyclic) bond motifs is 1. The van der Waals surface area contributed by atoms with Gasteiger partial charge < -0.3 is 15.0 Å². The van der Waals surface area contributed by atoms with Crippen molar-refractivity contribution in [1.82, 2.24) is 24.4 Å². The minimum atomic E-state index is -0.255. The molecule has 0 radical (unpaired) electrons. The minimum absolute atomic E-state index is 0.147. The van der Waals surface area contributed by atoms with Gasteiger partial charge in [-0.05, 0) is 31.7 Å². The molecule has 8 nitrogen and oxygen atoms in total. The molecule has 4 rings (SSSR count). The molecule has 1 aliphatic rings. The van der Waals surface area contributed by atoms with Crippen molar-refractivity contribution < 1.29 is 9.53 Å². The van der Waals surface area contributed by atoms with Crippen molar-refractivity contribution in [2.75, 3.05) is 25.4 Å². The zero-order valence-corrected chi connectivity index (χ0v) is 16.6. The molecule has 0 aliphatic carbocycles. The number of benzene rings is 1. The number of nitrogens with zero attached hydrogens (tertiary/aromatic N) is 5. The highest BCUT2D eigenvalue weighted by Crippen LogP contribution is 2.28. The zero-order valence-electron chi connectivity index (χ0n) is 16.6. The van der Waals surface area contributed by atoms with Crippen molar-refractivity contribution >= 4 is 23.0 Å². The molecule has 1 aliphatic heterocycles. The fourth-order valence-electron chi connectivity index (χ4n) is 4.05. The third-order valence-corrected chi connectivity index (χ3v) is 5.52. The van der Waals surface area contributed by atoms with Gasteiger partial charge in [0.15, 0.2) is 11.5 Å². The SMILES string of the molecule is CCOC(=O)C(CCc1ccccc1)N1CCC(n2cnc3c(N)ncnc32)C1. The van der Waals surface area contributed by atoms with E-state index in [0.29, 0.717) is 17.9 Å². The van der Waals surface area contributed by atoms with E-state index in [1.165, 1.54) is 11.9 Å². The lowest BCUT2D eigenvalue weighted by atomic mass is 10.0. The predicted molar refractivity (Wildman–Crippen MR) is 110 cm³/mol. The number of anilines is 1. The largest absolute Gasteiger partial charge is 0.465 e. The van der Waals surface area contributed by atoms with E-state index >= 15 is 0 Å². The Bertz CT molecular complexity index is 974. The third-order valence-electron chi connectivity index (χ3n) is 5.52. The molecule has 0 bridgehead atoms. The number of carbonyl (C=O) groups excluding carboxylic acids is 1. The van der Waals surface area contributed by atoms with Crippen LogP contribution in [0, 0.1) is 0 Å². The van der Waals surface area contributed by atoms with Crippen molar-refractivity contribution in [3.8, 4) is 0 Å². The summed E-state index contributed by atoms with van der Waals surface area (Å²) in [5.41, 5.74) is 8.50. The Balaban J connectivity index is 1.50. The Kier molecular flexibility index (Phi) is 5.71. The van der Waals surface area contributed by atoms with Crippen LogP contribution in [0.15, 0.2) is 43.0 Å². The lowest BCUT2D eigenvalue weighted by Crippen LogP contribution is -2.41. The van der Waals surface area contributed by atoms with Crippen LogP contribution >= 0.6 is 0 Å². The molecular formula is C21H26N6O2. The first-order chi connectivity index (χ1) is 14.2. The highest BCUT2D eigenvalue weighted by molar-refractivity contribution is 5.81. The zero-order chi connectivity index (χ0) is 20.2. The number of imidazole rings is 1. The van der Waals surface area contributed by atoms with Gasteiger partial charge in [0.2, 0.25) is 0 Å². The van der Waals surface area contributed by atoms with Gasteiger partial charge in [0, 0.05) is 13.1 Å². The standard InChI is InChI=1S/C21H26N6O2/c1-2-29-21(28)17(9-8-15-6-4-3-5-7-15)26-11-10-16(12-26)27-14-25-18-19(22)23-13-24-20(18)27/h3-7,13-14,16-17H,2,8-12H2,1H3,(H2,22,23,24). The summed E-state index contributed by atoms with van der Waals surface area (Å²) in [5.74, 6) is 0.238. The molecule has 29 heavy (non-hydrogen) atoms. The number of hydrogen-bond acceptors (Lipinski definition) is 7. The summed E-state index contributed by atoms with van der Waals surface area (Å²) in [6, 6.07) is 10.2. The molecule has 1 fully saturated rings. The Hall–Kier alpha value is -3.00. The van der Waals surface area contributed by atoms with Gasteiger partial charge in [-0.15, -0.1) is 0 Å². The van der Waals surface area contributed by atoms with E-state index in [9.17, 15) is 4.79 Å². The Morgan fingerprint density at radius 3 is 2.90 bits per heavy atom. The first kappa shape index (κ1) is 19.3. The Labute approximate surface area is 169 Å². The molecule has 0 amide bonds. The van der Waals surface area contributed by atoms with Crippen molar-refractivity contribution in [2.45, 2.75) is 38.3 Å². The number of hydrogen-bond donors (Lipinski definition) is 1. The molecule has 3 heterocycles. The van der Waals surface area contributed by atoms with E-state index in [2.05, 4.69) is 32.0 Å². The molecule has 2 unspecified atom stereocenters. The second kappa shape index (κ2) is 8.57. The highest BCUT2D eigenvalue weighted by atomic mass is 16.5. The van der Waals surface area contributed by atoms with E-state index < -0.39 is 0 Å². The quantitative estimate of drug-likeness (QED) is 0.613. The van der Waals surface area contributed by atoms with Gasteiger partial charge in [-0.25, -0.2) is 15.0 Å². The molecule has 8 heteroatoms. The maximum absolute atomic E-state index is 12.7. The molecule has 3 aromatic rings. The van der Waals surface area contributed by atoms with Crippen molar-refractivity contribution in [3.63, 3.8) is 0 Å². The molecule has 0 saturated carbocycles. The first-order valence-electron chi connectivity index (χ1n) is 10.0. The fraction of sp³-hybridized carbons (Fsp3) is 0.429. The highest BCUT2D eigenvalue weighted by Gasteiger charge is 2.34. The number of carbonyl (C=O) groups is 1. The Morgan fingerprint density at radius 1 is 1.28 bits per heavy atom. The second-order valence-electron chi connectivity index (χ2n) is 7.31. The average Bonchev–Trinajstić information content (AvgIpc) is 3.37. The number of ether oxygens (including phenoxy) is 1. The van der Waals surface area contributed by atoms with Crippen molar-refractivity contribution in [1.29, 1.82) is 0 Å².